The highest BCUT2D eigenvalue weighted by Gasteiger charge is 2.40. The van der Waals surface area contributed by atoms with Gasteiger partial charge in [-0.05, 0) is 18.6 Å². The third kappa shape index (κ3) is 2.42. The molecule has 1 aromatic rings. The van der Waals surface area contributed by atoms with E-state index in [1.54, 1.807) is 24.3 Å². The molecular weight excluding hydrogens is 262 g/mol. The average Bonchev–Trinajstić information content (AvgIpc) is 2.42. The van der Waals surface area contributed by atoms with E-state index in [0.717, 1.165) is 12.0 Å². The van der Waals surface area contributed by atoms with E-state index in [4.69, 9.17) is 0 Å². The molecule has 6 heteroatoms. The Kier molecular flexibility index (Phi) is 3.59. The number of carbonyl (C=O) groups excluding carboxylic acids is 3. The van der Waals surface area contributed by atoms with Gasteiger partial charge in [-0.2, -0.15) is 0 Å². The van der Waals surface area contributed by atoms with Crippen molar-refractivity contribution in [3.8, 4) is 0 Å². The largest absolute Gasteiger partial charge is 0.467 e. The Bertz CT molecular complexity index is 579. The Morgan fingerprint density at radius 1 is 1.40 bits per heavy atom. The molecule has 2 amide bonds. The second kappa shape index (κ2) is 5.05. The predicted molar refractivity (Wildman–Crippen MR) is 68.8 cm³/mol. The maximum atomic E-state index is 12.3. The molecule has 1 heterocycles. The van der Waals surface area contributed by atoms with Gasteiger partial charge >= 0.3 is 5.97 Å². The molecule has 106 valence electrons. The Labute approximate surface area is 115 Å². The summed E-state index contributed by atoms with van der Waals surface area (Å²) >= 11 is 0. The van der Waals surface area contributed by atoms with Crippen LogP contribution in [-0.2, 0) is 20.7 Å². The molecule has 0 spiro atoms. The van der Waals surface area contributed by atoms with Gasteiger partial charge in [0.2, 0.25) is 5.91 Å². The molecule has 6 nitrogen and oxygen atoms in total. The van der Waals surface area contributed by atoms with Crippen LogP contribution in [0.1, 0.15) is 22.8 Å². The van der Waals surface area contributed by atoms with Crippen molar-refractivity contribution in [2.75, 3.05) is 13.7 Å². The number of rotatable bonds is 3. The first-order chi connectivity index (χ1) is 9.36. The zero-order valence-electron chi connectivity index (χ0n) is 11.3. The number of fused-ring (bicyclic) bond motifs is 1. The van der Waals surface area contributed by atoms with Gasteiger partial charge in [0.15, 0.2) is 5.60 Å². The summed E-state index contributed by atoms with van der Waals surface area (Å²) < 4.78 is 4.46. The predicted octanol–water partition coefficient (Wildman–Crippen LogP) is 0.135. The van der Waals surface area contributed by atoms with Gasteiger partial charge in [-0.3, -0.25) is 14.5 Å². The molecule has 0 fully saturated rings. The zero-order chi connectivity index (χ0) is 14.9. The number of hydrogen-bond donors (Lipinski definition) is 1. The van der Waals surface area contributed by atoms with E-state index < -0.39 is 29.9 Å². The van der Waals surface area contributed by atoms with Crippen LogP contribution in [0.15, 0.2) is 24.3 Å². The number of methoxy groups -OCH3 is 1. The number of hydrogen-bond acceptors (Lipinski definition) is 5. The fourth-order valence-electron chi connectivity index (χ4n) is 2.15. The number of carbonyl (C=O) groups is 3. The van der Waals surface area contributed by atoms with E-state index in [1.807, 2.05) is 0 Å². The minimum atomic E-state index is -1.92. The summed E-state index contributed by atoms with van der Waals surface area (Å²) in [5.74, 6) is -1.85. The lowest BCUT2D eigenvalue weighted by Crippen LogP contribution is -2.53. The molecular formula is C14H15NO5. The second-order valence-corrected chi connectivity index (χ2v) is 4.88. The first-order valence-corrected chi connectivity index (χ1v) is 6.10. The van der Waals surface area contributed by atoms with Crippen molar-refractivity contribution in [3.63, 3.8) is 0 Å². The van der Waals surface area contributed by atoms with Gasteiger partial charge < -0.3 is 9.84 Å². The Hall–Kier alpha value is -2.21. The molecule has 2 rings (SSSR count). The fraction of sp³-hybridized carbons (Fsp3) is 0.357. The third-order valence-electron chi connectivity index (χ3n) is 3.23. The van der Waals surface area contributed by atoms with E-state index in [1.165, 1.54) is 6.92 Å². The highest BCUT2D eigenvalue weighted by molar-refractivity contribution is 6.10. The van der Waals surface area contributed by atoms with Crippen molar-refractivity contribution in [1.82, 2.24) is 4.90 Å². The first-order valence-electron chi connectivity index (χ1n) is 6.10. The van der Waals surface area contributed by atoms with Crippen LogP contribution in [0.25, 0.3) is 0 Å². The number of ether oxygens (including phenoxy) is 1. The molecule has 0 bridgehead atoms. The van der Waals surface area contributed by atoms with Crippen LogP contribution in [0.2, 0.25) is 0 Å². The lowest BCUT2D eigenvalue weighted by Gasteiger charge is -2.31. The van der Waals surface area contributed by atoms with E-state index in [2.05, 4.69) is 4.74 Å². The molecule has 0 saturated heterocycles. The van der Waals surface area contributed by atoms with Gasteiger partial charge in [0, 0.05) is 5.56 Å². The van der Waals surface area contributed by atoms with E-state index in [-0.39, 0.29) is 6.42 Å². The molecule has 0 aliphatic carbocycles. The van der Waals surface area contributed by atoms with Crippen LogP contribution in [0, 0.1) is 0 Å². The van der Waals surface area contributed by atoms with Crippen LogP contribution < -0.4 is 0 Å². The second-order valence-electron chi connectivity index (χ2n) is 4.88. The normalized spacial score (nSPS) is 17.4. The molecule has 1 aliphatic rings. The summed E-state index contributed by atoms with van der Waals surface area (Å²) in [6, 6.07) is 6.77. The first kappa shape index (κ1) is 14.2. The molecule has 1 unspecified atom stereocenters. The third-order valence-corrected chi connectivity index (χ3v) is 3.23. The lowest BCUT2D eigenvalue weighted by molar-refractivity contribution is -0.162. The molecule has 1 aliphatic heterocycles. The van der Waals surface area contributed by atoms with Gasteiger partial charge in [-0.25, -0.2) is 4.79 Å². The summed E-state index contributed by atoms with van der Waals surface area (Å²) in [4.78, 5) is 36.6. The monoisotopic (exact) mass is 277 g/mol. The van der Waals surface area contributed by atoms with E-state index in [9.17, 15) is 19.5 Å². The van der Waals surface area contributed by atoms with Crippen molar-refractivity contribution in [2.45, 2.75) is 18.9 Å². The molecule has 0 radical (unpaired) electrons. The minimum absolute atomic E-state index is 0.0686. The number of amides is 2. The smallest absolute Gasteiger partial charge is 0.339 e. The van der Waals surface area contributed by atoms with Crippen molar-refractivity contribution in [2.24, 2.45) is 0 Å². The Morgan fingerprint density at radius 3 is 2.70 bits per heavy atom. The molecule has 1 aromatic carbocycles. The quantitative estimate of drug-likeness (QED) is 0.627. The molecule has 1 atom stereocenters. The van der Waals surface area contributed by atoms with Crippen molar-refractivity contribution >= 4 is 17.8 Å². The van der Waals surface area contributed by atoms with Crippen LogP contribution in [0.5, 0.6) is 0 Å². The summed E-state index contributed by atoms with van der Waals surface area (Å²) in [6.45, 7) is 0.783. The highest BCUT2D eigenvalue weighted by atomic mass is 16.5. The summed E-state index contributed by atoms with van der Waals surface area (Å²) in [7, 11) is 1.13. The summed E-state index contributed by atoms with van der Waals surface area (Å²) in [5.41, 5.74) is -0.865. The Morgan fingerprint density at radius 2 is 2.05 bits per heavy atom. The van der Waals surface area contributed by atoms with Crippen LogP contribution in [-0.4, -0.2) is 47.0 Å². The molecule has 0 aromatic heterocycles. The van der Waals surface area contributed by atoms with Gasteiger partial charge in [0.05, 0.1) is 20.1 Å². The minimum Gasteiger partial charge on any atom is -0.467 e. The van der Waals surface area contributed by atoms with Gasteiger partial charge in [0.1, 0.15) is 0 Å². The fourth-order valence-corrected chi connectivity index (χ4v) is 2.15. The van der Waals surface area contributed by atoms with Crippen molar-refractivity contribution in [3.05, 3.63) is 35.4 Å². The molecule has 1 N–H and O–H groups in total. The Balaban J connectivity index is 2.29. The number of benzene rings is 1. The molecule has 20 heavy (non-hydrogen) atoms. The van der Waals surface area contributed by atoms with E-state index in [0.29, 0.717) is 11.1 Å². The van der Waals surface area contributed by atoms with Crippen molar-refractivity contribution < 1.29 is 24.2 Å². The van der Waals surface area contributed by atoms with Gasteiger partial charge in [-0.1, -0.05) is 18.2 Å². The molecule has 0 saturated carbocycles. The topological polar surface area (TPSA) is 83.9 Å². The number of nitrogens with zero attached hydrogens (tertiary/aromatic N) is 1. The zero-order valence-corrected chi connectivity index (χ0v) is 11.3. The number of esters is 1. The summed E-state index contributed by atoms with van der Waals surface area (Å²) in [6.07, 6.45) is 0.0686. The average molecular weight is 277 g/mol. The summed E-state index contributed by atoms with van der Waals surface area (Å²) in [5, 5.41) is 10.00. The van der Waals surface area contributed by atoms with Gasteiger partial charge in [0.25, 0.3) is 5.91 Å². The maximum absolute atomic E-state index is 12.3. The maximum Gasteiger partial charge on any atom is 0.339 e. The van der Waals surface area contributed by atoms with Gasteiger partial charge in [-0.15, -0.1) is 0 Å². The number of β-amino-alcohol motifs (C(OH)–C–C–N with tert-alkyl or cyclic N) is 1. The number of aliphatic hydroxyl groups is 1. The van der Waals surface area contributed by atoms with Crippen LogP contribution >= 0.6 is 0 Å². The lowest BCUT2D eigenvalue weighted by atomic mass is 9.96. The van der Waals surface area contributed by atoms with Crippen LogP contribution in [0.4, 0.5) is 0 Å². The van der Waals surface area contributed by atoms with Crippen LogP contribution in [0.3, 0.4) is 0 Å². The van der Waals surface area contributed by atoms with E-state index >= 15 is 0 Å². The number of imide groups is 1. The SMILES string of the molecule is COC(=O)C(C)(O)CN1C(=O)Cc2ccccc2C1=O. The standard InChI is InChI=1S/C14H15NO5/c1-14(19,13(18)20-2)8-15-11(16)7-9-5-3-4-6-10(9)12(15)17/h3-6,19H,7-8H2,1-2H3. The van der Waals surface area contributed by atoms with Crippen molar-refractivity contribution in [1.29, 1.82) is 0 Å². The highest BCUT2D eigenvalue weighted by Crippen LogP contribution is 2.21.